The summed E-state index contributed by atoms with van der Waals surface area (Å²) in [7, 11) is 0. The van der Waals surface area contributed by atoms with E-state index in [1.807, 2.05) is 61.5 Å². The van der Waals surface area contributed by atoms with Gasteiger partial charge in [0.25, 0.3) is 5.91 Å². The van der Waals surface area contributed by atoms with Gasteiger partial charge in [-0.2, -0.15) is 10.1 Å². The predicted molar refractivity (Wildman–Crippen MR) is 103 cm³/mol. The Morgan fingerprint density at radius 1 is 1.24 bits per heavy atom. The fourth-order valence-electron chi connectivity index (χ4n) is 2.84. The van der Waals surface area contributed by atoms with E-state index in [-0.39, 0.29) is 11.7 Å². The number of benzene rings is 2. The zero-order chi connectivity index (χ0) is 17.9. The SMILES string of the molecule is CC1=NN(C(=O)CSCc2ccccc2Cl)[C@@](O)(c2ccccc2)C1. The van der Waals surface area contributed by atoms with Crippen molar-refractivity contribution in [2.24, 2.45) is 5.10 Å². The smallest absolute Gasteiger partial charge is 0.255 e. The second-order valence-electron chi connectivity index (χ2n) is 5.98. The molecule has 0 bridgehead atoms. The van der Waals surface area contributed by atoms with Gasteiger partial charge in [-0.1, -0.05) is 60.1 Å². The maximum atomic E-state index is 12.7. The fourth-order valence-corrected chi connectivity index (χ4v) is 3.99. The van der Waals surface area contributed by atoms with Gasteiger partial charge < -0.3 is 5.11 Å². The minimum atomic E-state index is -1.41. The van der Waals surface area contributed by atoms with Gasteiger partial charge in [0.15, 0.2) is 5.72 Å². The van der Waals surface area contributed by atoms with Crippen LogP contribution in [0.1, 0.15) is 24.5 Å². The van der Waals surface area contributed by atoms with Crippen LogP contribution >= 0.6 is 23.4 Å². The average Bonchev–Trinajstić information content (AvgIpc) is 2.93. The molecule has 2 aromatic rings. The molecule has 0 unspecified atom stereocenters. The molecule has 1 atom stereocenters. The maximum absolute atomic E-state index is 12.7. The van der Waals surface area contributed by atoms with Crippen molar-refractivity contribution in [2.45, 2.75) is 24.8 Å². The second kappa shape index (κ2) is 7.60. The van der Waals surface area contributed by atoms with Crippen molar-refractivity contribution in [1.29, 1.82) is 0 Å². The number of amides is 1. The number of aliphatic hydroxyl groups is 1. The van der Waals surface area contributed by atoms with Gasteiger partial charge in [-0.25, -0.2) is 0 Å². The molecule has 25 heavy (non-hydrogen) atoms. The first-order chi connectivity index (χ1) is 12.0. The summed E-state index contributed by atoms with van der Waals surface area (Å²) in [6.07, 6.45) is 0.317. The molecule has 130 valence electrons. The summed E-state index contributed by atoms with van der Waals surface area (Å²) >= 11 is 7.60. The molecule has 1 amide bonds. The van der Waals surface area contributed by atoms with E-state index in [2.05, 4.69) is 5.10 Å². The fraction of sp³-hybridized carbons (Fsp3) is 0.263. The van der Waals surface area contributed by atoms with Gasteiger partial charge in [-0.3, -0.25) is 4.79 Å². The number of rotatable bonds is 5. The molecule has 0 aliphatic carbocycles. The molecule has 3 rings (SSSR count). The third-order valence-corrected chi connectivity index (χ3v) is 5.37. The Balaban J connectivity index is 1.69. The number of hydrogen-bond acceptors (Lipinski definition) is 4. The quantitative estimate of drug-likeness (QED) is 0.859. The molecule has 6 heteroatoms. The minimum Gasteiger partial charge on any atom is -0.365 e. The Morgan fingerprint density at radius 3 is 2.64 bits per heavy atom. The number of hydrazone groups is 1. The van der Waals surface area contributed by atoms with Crippen LogP contribution in [-0.2, 0) is 16.3 Å². The van der Waals surface area contributed by atoms with Crippen LogP contribution in [-0.4, -0.2) is 27.5 Å². The van der Waals surface area contributed by atoms with Gasteiger partial charge in [-0.05, 0) is 18.6 Å². The lowest BCUT2D eigenvalue weighted by Gasteiger charge is -2.31. The van der Waals surface area contributed by atoms with Crippen LogP contribution in [0.3, 0.4) is 0 Å². The highest BCUT2D eigenvalue weighted by Crippen LogP contribution is 2.35. The van der Waals surface area contributed by atoms with E-state index < -0.39 is 5.72 Å². The molecule has 4 nitrogen and oxygen atoms in total. The van der Waals surface area contributed by atoms with Gasteiger partial charge in [0.05, 0.1) is 5.75 Å². The number of thioether (sulfide) groups is 1. The topological polar surface area (TPSA) is 52.9 Å². The Labute approximate surface area is 156 Å². The monoisotopic (exact) mass is 374 g/mol. The first-order valence-electron chi connectivity index (χ1n) is 7.97. The largest absolute Gasteiger partial charge is 0.365 e. The lowest BCUT2D eigenvalue weighted by atomic mass is 9.98. The van der Waals surface area contributed by atoms with Crippen molar-refractivity contribution in [3.63, 3.8) is 0 Å². The van der Waals surface area contributed by atoms with Crippen LogP contribution in [0.15, 0.2) is 59.7 Å². The molecular formula is C19H19ClN2O2S. The summed E-state index contributed by atoms with van der Waals surface area (Å²) in [6.45, 7) is 1.82. The van der Waals surface area contributed by atoms with Gasteiger partial charge in [0.2, 0.25) is 0 Å². The van der Waals surface area contributed by atoms with E-state index in [1.165, 1.54) is 16.8 Å². The summed E-state index contributed by atoms with van der Waals surface area (Å²) in [4.78, 5) is 12.7. The number of carbonyl (C=O) groups excluding carboxylic acids is 1. The van der Waals surface area contributed by atoms with Crippen LogP contribution in [0, 0.1) is 0 Å². The minimum absolute atomic E-state index is 0.219. The van der Waals surface area contributed by atoms with E-state index in [4.69, 9.17) is 11.6 Å². The lowest BCUT2D eigenvalue weighted by Crippen LogP contribution is -2.44. The van der Waals surface area contributed by atoms with Crippen LogP contribution < -0.4 is 0 Å². The summed E-state index contributed by atoms with van der Waals surface area (Å²) < 4.78 is 0. The third kappa shape index (κ3) is 3.89. The Bertz CT molecular complexity index is 797. The van der Waals surface area contributed by atoms with Crippen molar-refractivity contribution in [3.8, 4) is 0 Å². The molecule has 0 saturated heterocycles. The Morgan fingerprint density at radius 2 is 1.92 bits per heavy atom. The van der Waals surface area contributed by atoms with E-state index in [9.17, 15) is 9.90 Å². The highest BCUT2D eigenvalue weighted by molar-refractivity contribution is 7.99. The van der Waals surface area contributed by atoms with Crippen molar-refractivity contribution in [1.82, 2.24) is 5.01 Å². The molecule has 1 aliphatic heterocycles. The van der Waals surface area contributed by atoms with Crippen molar-refractivity contribution >= 4 is 35.0 Å². The normalized spacial score (nSPS) is 19.8. The first-order valence-corrected chi connectivity index (χ1v) is 9.50. The number of halogens is 1. The van der Waals surface area contributed by atoms with Crippen LogP contribution in [0.5, 0.6) is 0 Å². The second-order valence-corrected chi connectivity index (χ2v) is 7.38. The van der Waals surface area contributed by atoms with Crippen molar-refractivity contribution < 1.29 is 9.90 Å². The molecular weight excluding hydrogens is 356 g/mol. The first kappa shape index (κ1) is 18.0. The van der Waals surface area contributed by atoms with E-state index >= 15 is 0 Å². The van der Waals surface area contributed by atoms with Gasteiger partial charge in [0, 0.05) is 28.5 Å². The van der Waals surface area contributed by atoms with Crippen LogP contribution in [0.25, 0.3) is 0 Å². The Hall–Kier alpha value is -1.82. The number of hydrogen-bond donors (Lipinski definition) is 1. The predicted octanol–water partition coefficient (Wildman–Crippen LogP) is 4.03. The Kier molecular flexibility index (Phi) is 5.47. The van der Waals surface area contributed by atoms with Gasteiger partial charge in [0.1, 0.15) is 0 Å². The van der Waals surface area contributed by atoms with Gasteiger partial charge in [-0.15, -0.1) is 11.8 Å². The standard InChI is InChI=1S/C19H19ClN2O2S/c1-14-11-19(24,16-8-3-2-4-9-16)22(21-14)18(23)13-25-12-15-7-5-6-10-17(15)20/h2-10,24H,11-13H2,1H3/t19-/m0/s1. The van der Waals surface area contributed by atoms with Gasteiger partial charge >= 0.3 is 0 Å². The highest BCUT2D eigenvalue weighted by Gasteiger charge is 2.44. The summed E-state index contributed by atoms with van der Waals surface area (Å²) in [5, 5.41) is 17.3. The average molecular weight is 375 g/mol. The zero-order valence-electron chi connectivity index (χ0n) is 13.9. The zero-order valence-corrected chi connectivity index (χ0v) is 15.4. The maximum Gasteiger partial charge on any atom is 0.255 e. The molecule has 2 aromatic carbocycles. The molecule has 0 radical (unpaired) electrons. The van der Waals surface area contributed by atoms with Crippen LogP contribution in [0.4, 0.5) is 0 Å². The molecule has 1 N–H and O–H groups in total. The van der Waals surface area contributed by atoms with Crippen molar-refractivity contribution in [2.75, 3.05) is 5.75 Å². The number of carbonyl (C=O) groups is 1. The van der Waals surface area contributed by atoms with Crippen molar-refractivity contribution in [3.05, 3.63) is 70.7 Å². The molecule has 0 fully saturated rings. The third-order valence-electron chi connectivity index (χ3n) is 4.04. The number of nitrogens with zero attached hydrogens (tertiary/aromatic N) is 2. The summed E-state index contributed by atoms with van der Waals surface area (Å²) in [6, 6.07) is 16.8. The molecule has 1 aliphatic rings. The van der Waals surface area contributed by atoms with E-state index in [0.29, 0.717) is 22.8 Å². The summed E-state index contributed by atoms with van der Waals surface area (Å²) in [5.41, 5.74) is 0.977. The molecule has 0 aromatic heterocycles. The van der Waals surface area contributed by atoms with E-state index in [0.717, 1.165) is 11.3 Å². The summed E-state index contributed by atoms with van der Waals surface area (Å²) in [5.74, 6) is 0.628. The molecule has 1 heterocycles. The van der Waals surface area contributed by atoms with E-state index in [1.54, 1.807) is 0 Å². The van der Waals surface area contributed by atoms with Crippen LogP contribution in [0.2, 0.25) is 5.02 Å². The molecule has 0 saturated carbocycles. The molecule has 0 spiro atoms. The highest BCUT2D eigenvalue weighted by atomic mass is 35.5. The lowest BCUT2D eigenvalue weighted by molar-refractivity contribution is -0.154.